The van der Waals surface area contributed by atoms with Crippen molar-refractivity contribution in [3.8, 4) is 0 Å². The van der Waals surface area contributed by atoms with Crippen molar-refractivity contribution in [2.24, 2.45) is 5.41 Å². The molecule has 0 saturated carbocycles. The molecule has 0 radical (unpaired) electrons. The predicted octanol–water partition coefficient (Wildman–Crippen LogP) is 3.13. The van der Waals surface area contributed by atoms with E-state index >= 15 is 0 Å². The third-order valence-electron chi connectivity index (χ3n) is 2.06. The van der Waals surface area contributed by atoms with E-state index in [0.717, 1.165) is 10.8 Å². The van der Waals surface area contributed by atoms with Crippen molar-refractivity contribution in [1.29, 1.82) is 0 Å². The molecule has 1 atom stereocenters. The number of hydrogen-bond acceptors (Lipinski definition) is 2. The molecule has 1 aromatic rings. The van der Waals surface area contributed by atoms with Crippen LogP contribution < -0.4 is 0 Å². The van der Waals surface area contributed by atoms with Gasteiger partial charge in [-0.3, -0.25) is 0 Å². The van der Waals surface area contributed by atoms with Crippen LogP contribution in [0.1, 0.15) is 11.8 Å². The Morgan fingerprint density at radius 3 is 2.77 bits per heavy atom. The molecule has 0 aliphatic heterocycles. The smallest absolute Gasteiger partial charge is 0.0931 e. The van der Waals surface area contributed by atoms with Crippen molar-refractivity contribution in [3.63, 3.8) is 0 Å². The predicted molar refractivity (Wildman–Crippen MR) is 58.4 cm³/mol. The van der Waals surface area contributed by atoms with Gasteiger partial charge in [-0.05, 0) is 18.6 Å². The summed E-state index contributed by atoms with van der Waals surface area (Å²) >= 11 is 7.36. The highest BCUT2D eigenvalue weighted by Gasteiger charge is 2.20. The normalized spacial score (nSPS) is 15.3. The molecule has 0 amide bonds. The molecule has 13 heavy (non-hydrogen) atoms. The summed E-state index contributed by atoms with van der Waals surface area (Å²) in [7, 11) is 0. The molecule has 1 heterocycles. The molecule has 3 heteroatoms. The quantitative estimate of drug-likeness (QED) is 0.767. The first-order valence-corrected chi connectivity index (χ1v) is 5.28. The minimum Gasteiger partial charge on any atom is -0.395 e. The lowest BCUT2D eigenvalue weighted by atomic mass is 9.87. The Hall–Kier alpha value is -0.310. The molecule has 1 nitrogen and oxygen atoms in total. The van der Waals surface area contributed by atoms with Crippen LogP contribution in [0.25, 0.3) is 0 Å². The lowest BCUT2D eigenvalue weighted by molar-refractivity contribution is 0.185. The van der Waals surface area contributed by atoms with E-state index in [0.29, 0.717) is 0 Å². The van der Waals surface area contributed by atoms with Crippen LogP contribution in [0.15, 0.2) is 24.8 Å². The molecule has 1 N–H and O–H groups in total. The van der Waals surface area contributed by atoms with E-state index in [1.165, 1.54) is 4.88 Å². The van der Waals surface area contributed by atoms with Gasteiger partial charge in [0.05, 0.1) is 10.9 Å². The molecule has 1 unspecified atom stereocenters. The van der Waals surface area contributed by atoms with Gasteiger partial charge in [0.25, 0.3) is 0 Å². The van der Waals surface area contributed by atoms with Gasteiger partial charge in [-0.15, -0.1) is 17.9 Å². The maximum Gasteiger partial charge on any atom is 0.0931 e. The van der Waals surface area contributed by atoms with Gasteiger partial charge in [-0.2, -0.15) is 0 Å². The van der Waals surface area contributed by atoms with Crippen LogP contribution in [0.2, 0.25) is 4.34 Å². The van der Waals surface area contributed by atoms with E-state index in [-0.39, 0.29) is 12.0 Å². The van der Waals surface area contributed by atoms with Crippen LogP contribution in [-0.2, 0) is 6.42 Å². The van der Waals surface area contributed by atoms with Crippen molar-refractivity contribution in [3.05, 3.63) is 34.0 Å². The first-order chi connectivity index (χ1) is 6.09. The Labute approximate surface area is 87.7 Å². The molecule has 0 saturated heterocycles. The average Bonchev–Trinajstić information content (AvgIpc) is 2.51. The standard InChI is InChI=1S/C10H13ClOS/c1-3-10(2,7-12)6-8-4-5-9(11)13-8/h3-5,12H,1,6-7H2,2H3. The molecule has 1 rings (SSSR count). The van der Waals surface area contributed by atoms with Crippen LogP contribution in [-0.4, -0.2) is 11.7 Å². The van der Waals surface area contributed by atoms with Crippen molar-refractivity contribution < 1.29 is 5.11 Å². The second-order valence-electron chi connectivity index (χ2n) is 3.40. The number of aliphatic hydroxyl groups is 1. The third kappa shape index (κ3) is 2.83. The van der Waals surface area contributed by atoms with E-state index in [4.69, 9.17) is 16.7 Å². The van der Waals surface area contributed by atoms with Crippen molar-refractivity contribution >= 4 is 22.9 Å². The summed E-state index contributed by atoms with van der Waals surface area (Å²) < 4.78 is 0.791. The number of rotatable bonds is 4. The van der Waals surface area contributed by atoms with Crippen LogP contribution in [0, 0.1) is 5.41 Å². The number of hydrogen-bond donors (Lipinski definition) is 1. The highest BCUT2D eigenvalue weighted by molar-refractivity contribution is 7.16. The number of aliphatic hydroxyl groups excluding tert-OH is 1. The second kappa shape index (κ2) is 4.27. The summed E-state index contributed by atoms with van der Waals surface area (Å²) in [5.41, 5.74) is -0.228. The number of thiophene rings is 1. The van der Waals surface area contributed by atoms with Crippen molar-refractivity contribution in [2.45, 2.75) is 13.3 Å². The Kier molecular flexibility index (Phi) is 3.54. The summed E-state index contributed by atoms with van der Waals surface area (Å²) in [5, 5.41) is 9.15. The van der Waals surface area contributed by atoms with Crippen molar-refractivity contribution in [1.82, 2.24) is 0 Å². The lowest BCUT2D eigenvalue weighted by Crippen LogP contribution is -2.20. The minimum atomic E-state index is -0.228. The Balaban J connectivity index is 2.72. The second-order valence-corrected chi connectivity index (χ2v) is 5.20. The molecule has 0 aliphatic carbocycles. The molecule has 72 valence electrons. The SMILES string of the molecule is C=CC(C)(CO)Cc1ccc(Cl)s1. The summed E-state index contributed by atoms with van der Waals surface area (Å²) in [6.07, 6.45) is 2.59. The molecule has 1 aromatic heterocycles. The van der Waals surface area contributed by atoms with Gasteiger partial charge >= 0.3 is 0 Å². The molecule has 0 spiro atoms. The molecule has 0 bridgehead atoms. The first-order valence-electron chi connectivity index (χ1n) is 4.08. The average molecular weight is 217 g/mol. The van der Waals surface area contributed by atoms with Gasteiger partial charge in [0, 0.05) is 10.3 Å². The summed E-state index contributed by atoms with van der Waals surface area (Å²) in [5.74, 6) is 0. The molecular weight excluding hydrogens is 204 g/mol. The molecule has 0 aliphatic rings. The van der Waals surface area contributed by atoms with Gasteiger partial charge in [-0.25, -0.2) is 0 Å². The van der Waals surface area contributed by atoms with Crippen LogP contribution in [0.5, 0.6) is 0 Å². The van der Waals surface area contributed by atoms with E-state index < -0.39 is 0 Å². The van der Waals surface area contributed by atoms with Gasteiger partial charge in [-0.1, -0.05) is 24.6 Å². The highest BCUT2D eigenvalue weighted by Crippen LogP contribution is 2.29. The van der Waals surface area contributed by atoms with Crippen LogP contribution in [0.4, 0.5) is 0 Å². The van der Waals surface area contributed by atoms with Gasteiger partial charge in [0.2, 0.25) is 0 Å². The fourth-order valence-corrected chi connectivity index (χ4v) is 2.32. The first kappa shape index (κ1) is 10.8. The zero-order valence-corrected chi connectivity index (χ0v) is 9.16. The highest BCUT2D eigenvalue weighted by atomic mass is 35.5. The molecule has 0 aromatic carbocycles. The Bertz CT molecular complexity index is 295. The maximum atomic E-state index is 9.15. The molecule has 0 fully saturated rings. The van der Waals surface area contributed by atoms with Gasteiger partial charge < -0.3 is 5.11 Å². The fraction of sp³-hybridized carbons (Fsp3) is 0.400. The Morgan fingerprint density at radius 1 is 1.69 bits per heavy atom. The monoisotopic (exact) mass is 216 g/mol. The summed E-state index contributed by atoms with van der Waals surface area (Å²) in [4.78, 5) is 1.18. The Morgan fingerprint density at radius 2 is 2.38 bits per heavy atom. The largest absolute Gasteiger partial charge is 0.395 e. The third-order valence-corrected chi connectivity index (χ3v) is 3.29. The van der Waals surface area contributed by atoms with Crippen LogP contribution in [0.3, 0.4) is 0 Å². The van der Waals surface area contributed by atoms with E-state index in [2.05, 4.69) is 6.58 Å². The van der Waals surface area contributed by atoms with Crippen molar-refractivity contribution in [2.75, 3.05) is 6.61 Å². The lowest BCUT2D eigenvalue weighted by Gasteiger charge is -2.21. The summed E-state index contributed by atoms with van der Waals surface area (Å²) in [6.45, 7) is 5.82. The van der Waals surface area contributed by atoms with Gasteiger partial charge in [0.15, 0.2) is 0 Å². The van der Waals surface area contributed by atoms with E-state index in [1.54, 1.807) is 17.4 Å². The van der Waals surface area contributed by atoms with E-state index in [9.17, 15) is 0 Å². The zero-order valence-electron chi connectivity index (χ0n) is 7.59. The van der Waals surface area contributed by atoms with E-state index in [1.807, 2.05) is 19.1 Å². The van der Waals surface area contributed by atoms with Gasteiger partial charge in [0.1, 0.15) is 0 Å². The zero-order chi connectivity index (χ0) is 9.90. The number of halogens is 1. The summed E-state index contributed by atoms with van der Waals surface area (Å²) in [6, 6.07) is 3.87. The van der Waals surface area contributed by atoms with Crippen LogP contribution >= 0.6 is 22.9 Å². The molecular formula is C10H13ClOS. The fourth-order valence-electron chi connectivity index (χ4n) is 1.04. The topological polar surface area (TPSA) is 20.2 Å². The maximum absolute atomic E-state index is 9.15. The minimum absolute atomic E-state index is 0.117.